The first-order valence-electron chi connectivity index (χ1n) is 24.8. The van der Waals surface area contributed by atoms with Crippen molar-refractivity contribution in [2.24, 2.45) is 0 Å². The van der Waals surface area contributed by atoms with Crippen LogP contribution in [0.2, 0.25) is 0 Å². The maximum Gasteiger partial charge on any atom is 0.0473 e. The molecule has 1 aliphatic rings. The molecule has 0 amide bonds. The van der Waals surface area contributed by atoms with Gasteiger partial charge in [-0.3, -0.25) is 0 Å². The molecule has 0 fully saturated rings. The molecule has 72 heavy (non-hydrogen) atoms. The molecule has 3 heteroatoms. The van der Waals surface area contributed by atoms with Crippen molar-refractivity contribution in [2.75, 3.05) is 4.90 Å². The van der Waals surface area contributed by atoms with Crippen molar-refractivity contribution in [1.29, 1.82) is 0 Å². The predicted octanol–water partition coefficient (Wildman–Crippen LogP) is 20.5. The number of anilines is 3. The lowest BCUT2D eigenvalue weighted by molar-refractivity contribution is 0.660. The zero-order valence-corrected chi connectivity index (χ0v) is 41.6. The summed E-state index contributed by atoms with van der Waals surface area (Å²) < 4.78 is 5.27. The third kappa shape index (κ3) is 6.95. The minimum absolute atomic E-state index is 0.148. The molecule has 0 spiro atoms. The molecule has 0 saturated carbocycles. The molecule has 2 aromatic heterocycles. The first-order chi connectivity index (χ1) is 35.4. The Balaban J connectivity index is 0.946. The summed E-state index contributed by atoms with van der Waals surface area (Å²) in [6.07, 6.45) is 0. The van der Waals surface area contributed by atoms with Gasteiger partial charge in [-0.2, -0.15) is 0 Å². The van der Waals surface area contributed by atoms with Crippen molar-refractivity contribution in [3.05, 3.63) is 260 Å². The Bertz CT molecular complexity index is 4180. The molecule has 0 atom stereocenters. The smallest absolute Gasteiger partial charge is 0.0473 e. The standard InChI is InChI=1S/C69H47NS2/c1-69(2)63-28-12-9-21-54(63)55-38-36-51(43-64(55)69)70(52-40-48(44-17-5-3-6-18-44)39-49(41-52)45-19-7-4-8-20-45)50-34-31-46(32-35-50)47-33-37-53(58-24-15-25-59-56-22-10-13-29-65(56)71-67(58)59)62(42-47)61-27-16-26-60-57-23-11-14-30-66(57)72-68(60)61/h3-43H,1-2H3. The van der Waals surface area contributed by atoms with Crippen LogP contribution in [0.1, 0.15) is 25.0 Å². The summed E-state index contributed by atoms with van der Waals surface area (Å²) in [6.45, 7) is 4.74. The van der Waals surface area contributed by atoms with Gasteiger partial charge >= 0.3 is 0 Å². The minimum atomic E-state index is -0.148. The van der Waals surface area contributed by atoms with Gasteiger partial charge in [0.1, 0.15) is 0 Å². The van der Waals surface area contributed by atoms with E-state index >= 15 is 0 Å². The van der Waals surface area contributed by atoms with Gasteiger partial charge in [0, 0.05) is 73.9 Å². The van der Waals surface area contributed by atoms with Gasteiger partial charge in [-0.05, 0) is 127 Å². The second-order valence-electron chi connectivity index (χ2n) is 19.6. The highest BCUT2D eigenvalue weighted by atomic mass is 32.1. The highest BCUT2D eigenvalue weighted by Gasteiger charge is 2.36. The monoisotopic (exact) mass is 953 g/mol. The van der Waals surface area contributed by atoms with Crippen LogP contribution in [-0.4, -0.2) is 0 Å². The Hall–Kier alpha value is -8.34. The van der Waals surface area contributed by atoms with Crippen LogP contribution in [0, 0.1) is 0 Å². The van der Waals surface area contributed by atoms with Gasteiger partial charge in [0.2, 0.25) is 0 Å². The van der Waals surface area contributed by atoms with Crippen LogP contribution in [-0.2, 0) is 5.41 Å². The number of rotatable bonds is 8. The van der Waals surface area contributed by atoms with E-state index in [0.717, 1.165) is 17.1 Å². The highest BCUT2D eigenvalue weighted by molar-refractivity contribution is 7.26. The van der Waals surface area contributed by atoms with E-state index in [9.17, 15) is 0 Å². The van der Waals surface area contributed by atoms with Crippen molar-refractivity contribution < 1.29 is 0 Å². The Morgan fingerprint density at radius 2 is 0.750 bits per heavy atom. The van der Waals surface area contributed by atoms with E-state index in [2.05, 4.69) is 267 Å². The van der Waals surface area contributed by atoms with Crippen molar-refractivity contribution in [3.63, 3.8) is 0 Å². The molecule has 0 aliphatic heterocycles. The van der Waals surface area contributed by atoms with E-state index in [1.54, 1.807) is 0 Å². The molecule has 0 N–H and O–H groups in total. The highest BCUT2D eigenvalue weighted by Crippen LogP contribution is 2.52. The molecule has 0 saturated heterocycles. The molecule has 14 rings (SSSR count). The summed E-state index contributed by atoms with van der Waals surface area (Å²) in [7, 11) is 0. The van der Waals surface area contributed by atoms with Crippen LogP contribution in [0.25, 0.3) is 107 Å². The van der Waals surface area contributed by atoms with E-state index in [-0.39, 0.29) is 5.41 Å². The first kappa shape index (κ1) is 42.5. The fraction of sp³-hybridized carbons (Fsp3) is 0.0435. The maximum atomic E-state index is 2.46. The first-order valence-corrected chi connectivity index (χ1v) is 26.4. The molecular weight excluding hydrogens is 907 g/mol. The molecule has 2 heterocycles. The molecule has 13 aromatic rings. The van der Waals surface area contributed by atoms with Gasteiger partial charge in [0.05, 0.1) is 0 Å². The van der Waals surface area contributed by atoms with E-state index in [1.807, 2.05) is 22.7 Å². The summed E-state index contributed by atoms with van der Waals surface area (Å²) >= 11 is 3.79. The molecule has 1 aliphatic carbocycles. The number of nitrogens with zero attached hydrogens (tertiary/aromatic N) is 1. The number of hydrogen-bond acceptors (Lipinski definition) is 3. The number of thiophene rings is 2. The SMILES string of the molecule is CC1(C)c2ccccc2-c2ccc(N(c3ccc(-c4ccc(-c5cccc6c5sc5ccccc56)c(-c5cccc6c5sc5ccccc56)c4)cc3)c3cc(-c4ccccc4)cc(-c4ccccc4)c3)cc21. The Labute approximate surface area is 428 Å². The van der Waals surface area contributed by atoms with Crippen LogP contribution in [0.3, 0.4) is 0 Å². The van der Waals surface area contributed by atoms with E-state index < -0.39 is 0 Å². The number of benzene rings is 11. The molecule has 0 bridgehead atoms. The third-order valence-electron chi connectivity index (χ3n) is 15.1. The summed E-state index contributed by atoms with van der Waals surface area (Å²) in [5, 5.41) is 5.24. The average molecular weight is 954 g/mol. The normalized spacial score (nSPS) is 12.7. The molecule has 340 valence electrons. The summed E-state index contributed by atoms with van der Waals surface area (Å²) in [5.74, 6) is 0. The van der Waals surface area contributed by atoms with E-state index in [1.165, 1.54) is 118 Å². The fourth-order valence-electron chi connectivity index (χ4n) is 11.5. The average Bonchev–Trinajstić information content (AvgIpc) is 4.09. The Kier molecular flexibility index (Phi) is 9.99. The quantitative estimate of drug-likeness (QED) is 0.147. The van der Waals surface area contributed by atoms with Crippen molar-refractivity contribution in [1.82, 2.24) is 0 Å². The summed E-state index contributed by atoms with van der Waals surface area (Å²) in [5.41, 5.74) is 20.6. The lowest BCUT2D eigenvalue weighted by Crippen LogP contribution is -2.16. The van der Waals surface area contributed by atoms with Gasteiger partial charge in [0.25, 0.3) is 0 Å². The fourth-order valence-corrected chi connectivity index (χ4v) is 14.0. The van der Waals surface area contributed by atoms with E-state index in [4.69, 9.17) is 0 Å². The second-order valence-corrected chi connectivity index (χ2v) is 21.7. The van der Waals surface area contributed by atoms with Gasteiger partial charge in [-0.1, -0.05) is 202 Å². The zero-order valence-electron chi connectivity index (χ0n) is 39.9. The molecule has 1 nitrogen and oxygen atoms in total. The van der Waals surface area contributed by atoms with Gasteiger partial charge in [-0.25, -0.2) is 0 Å². The molecule has 11 aromatic carbocycles. The zero-order chi connectivity index (χ0) is 47.9. The Morgan fingerprint density at radius 3 is 1.39 bits per heavy atom. The second kappa shape index (κ2) is 16.9. The topological polar surface area (TPSA) is 3.24 Å². The van der Waals surface area contributed by atoms with Crippen LogP contribution < -0.4 is 4.90 Å². The van der Waals surface area contributed by atoms with Crippen molar-refractivity contribution in [2.45, 2.75) is 19.3 Å². The largest absolute Gasteiger partial charge is 0.310 e. The number of fused-ring (bicyclic) bond motifs is 9. The van der Waals surface area contributed by atoms with Gasteiger partial charge in [-0.15, -0.1) is 22.7 Å². The van der Waals surface area contributed by atoms with Crippen LogP contribution >= 0.6 is 22.7 Å². The maximum absolute atomic E-state index is 2.46. The molecule has 0 radical (unpaired) electrons. The molecule has 0 unspecified atom stereocenters. The third-order valence-corrected chi connectivity index (χ3v) is 17.5. The molecular formula is C69H47NS2. The summed E-state index contributed by atoms with van der Waals surface area (Å²) in [4.78, 5) is 2.46. The van der Waals surface area contributed by atoms with Gasteiger partial charge < -0.3 is 4.90 Å². The lowest BCUT2D eigenvalue weighted by atomic mass is 9.82. The Morgan fingerprint density at radius 1 is 0.278 bits per heavy atom. The van der Waals surface area contributed by atoms with Crippen LogP contribution in [0.15, 0.2) is 249 Å². The number of hydrogen-bond donors (Lipinski definition) is 0. The predicted molar refractivity (Wildman–Crippen MR) is 312 cm³/mol. The van der Waals surface area contributed by atoms with Crippen LogP contribution in [0.5, 0.6) is 0 Å². The van der Waals surface area contributed by atoms with Gasteiger partial charge in [0.15, 0.2) is 0 Å². The van der Waals surface area contributed by atoms with E-state index in [0.29, 0.717) is 0 Å². The van der Waals surface area contributed by atoms with Crippen molar-refractivity contribution >= 4 is 80.1 Å². The van der Waals surface area contributed by atoms with Crippen LogP contribution in [0.4, 0.5) is 17.1 Å². The summed E-state index contributed by atoms with van der Waals surface area (Å²) in [6, 6.07) is 92.4. The minimum Gasteiger partial charge on any atom is -0.310 e. The van der Waals surface area contributed by atoms with Crippen molar-refractivity contribution in [3.8, 4) is 66.8 Å². The lowest BCUT2D eigenvalue weighted by Gasteiger charge is -2.29.